The number of nitrogens with one attached hydrogen (secondary N) is 2. The number of ether oxygens (including phenoxy) is 2. The Morgan fingerprint density at radius 2 is 1.97 bits per heavy atom. The van der Waals surface area contributed by atoms with E-state index in [1.807, 2.05) is 52.0 Å². The summed E-state index contributed by atoms with van der Waals surface area (Å²) in [6.45, 7) is 7.20. The van der Waals surface area contributed by atoms with E-state index in [1.165, 1.54) is 7.11 Å². The molecule has 0 spiro atoms. The van der Waals surface area contributed by atoms with Crippen LogP contribution in [0, 0.1) is 0 Å². The van der Waals surface area contributed by atoms with Crippen molar-refractivity contribution >= 4 is 23.7 Å². The Morgan fingerprint density at radius 1 is 1.25 bits per heavy atom. The normalized spacial score (nSPS) is 15.3. The molecular formula is C23H30N4O5. The molecule has 2 N–H and O–H groups in total. The molecule has 0 bridgehead atoms. The predicted octanol–water partition coefficient (Wildman–Crippen LogP) is 3.30. The van der Waals surface area contributed by atoms with Crippen LogP contribution in [0.4, 0.5) is 10.5 Å². The van der Waals surface area contributed by atoms with Crippen molar-refractivity contribution in [2.24, 2.45) is 0 Å². The molecule has 0 radical (unpaired) electrons. The van der Waals surface area contributed by atoms with E-state index in [0.717, 1.165) is 17.7 Å². The van der Waals surface area contributed by atoms with Crippen molar-refractivity contribution in [1.82, 2.24) is 15.3 Å². The standard InChI is InChI=1S/C23H30N4O5/c1-6-9-15-19(21(29)24-13-18(28)31-5)26-20(25-15)17-12-14-10-7-8-11-16(14)27(17)22(30)32-23(2,3)4/h7-8,10-11,17H,6,9,12-13H2,1-5H3,(H,24,29)(H,25,26). The minimum absolute atomic E-state index is 0.242. The Balaban J connectivity index is 1.95. The van der Waals surface area contributed by atoms with E-state index in [0.29, 0.717) is 24.4 Å². The van der Waals surface area contributed by atoms with Crippen LogP contribution in [0.3, 0.4) is 0 Å². The van der Waals surface area contributed by atoms with Crippen LogP contribution in [0.25, 0.3) is 0 Å². The van der Waals surface area contributed by atoms with E-state index >= 15 is 0 Å². The third-order valence-corrected chi connectivity index (χ3v) is 5.01. The number of carbonyl (C=O) groups is 3. The smallest absolute Gasteiger partial charge is 0.415 e. The van der Waals surface area contributed by atoms with Gasteiger partial charge in [-0.3, -0.25) is 14.5 Å². The van der Waals surface area contributed by atoms with E-state index in [1.54, 1.807) is 4.90 Å². The summed E-state index contributed by atoms with van der Waals surface area (Å²) in [7, 11) is 1.26. The van der Waals surface area contributed by atoms with Gasteiger partial charge in [-0.15, -0.1) is 0 Å². The average Bonchev–Trinajstić information content (AvgIpc) is 3.32. The van der Waals surface area contributed by atoms with E-state index in [-0.39, 0.29) is 12.2 Å². The molecule has 2 aromatic rings. The largest absolute Gasteiger partial charge is 0.468 e. The van der Waals surface area contributed by atoms with E-state index in [9.17, 15) is 14.4 Å². The second kappa shape index (κ2) is 9.42. The molecule has 0 fully saturated rings. The molecule has 2 amide bonds. The molecule has 2 heterocycles. The molecule has 1 aromatic heterocycles. The molecule has 9 heteroatoms. The second-order valence-electron chi connectivity index (χ2n) is 8.65. The molecule has 1 aromatic carbocycles. The summed E-state index contributed by atoms with van der Waals surface area (Å²) in [5, 5.41) is 2.54. The van der Waals surface area contributed by atoms with Crippen LogP contribution in [0.15, 0.2) is 24.3 Å². The highest BCUT2D eigenvalue weighted by molar-refractivity contribution is 5.95. The lowest BCUT2D eigenvalue weighted by atomic mass is 10.1. The molecule has 1 aliphatic rings. The maximum absolute atomic E-state index is 13.1. The summed E-state index contributed by atoms with van der Waals surface area (Å²) in [6, 6.07) is 7.19. The van der Waals surface area contributed by atoms with Gasteiger partial charge >= 0.3 is 12.1 Å². The third kappa shape index (κ3) is 5.09. The summed E-state index contributed by atoms with van der Waals surface area (Å²) in [6.07, 6.45) is 1.42. The summed E-state index contributed by atoms with van der Waals surface area (Å²) in [5.74, 6) is -0.492. The number of methoxy groups -OCH3 is 1. The van der Waals surface area contributed by atoms with Gasteiger partial charge in [-0.1, -0.05) is 31.5 Å². The molecule has 32 heavy (non-hydrogen) atoms. The van der Waals surface area contributed by atoms with Crippen LogP contribution in [-0.2, 0) is 27.1 Å². The number of H-pyrrole nitrogens is 1. The number of hydrogen-bond acceptors (Lipinski definition) is 6. The zero-order valence-electron chi connectivity index (χ0n) is 19.2. The number of carbonyl (C=O) groups excluding carboxylic acids is 3. The maximum atomic E-state index is 13.1. The first-order valence-electron chi connectivity index (χ1n) is 10.7. The highest BCUT2D eigenvalue weighted by Gasteiger charge is 2.39. The number of benzene rings is 1. The molecular weight excluding hydrogens is 412 g/mol. The number of amides is 2. The lowest BCUT2D eigenvalue weighted by molar-refractivity contribution is -0.139. The van der Waals surface area contributed by atoms with Gasteiger partial charge in [-0.2, -0.15) is 0 Å². The minimum Gasteiger partial charge on any atom is -0.468 e. The first-order valence-corrected chi connectivity index (χ1v) is 10.7. The topological polar surface area (TPSA) is 114 Å². The number of aromatic amines is 1. The molecule has 1 atom stereocenters. The zero-order chi connectivity index (χ0) is 23.5. The summed E-state index contributed by atoms with van der Waals surface area (Å²) in [5.41, 5.74) is 1.97. The summed E-state index contributed by atoms with van der Waals surface area (Å²) < 4.78 is 10.2. The molecule has 172 valence electrons. The average molecular weight is 443 g/mol. The van der Waals surface area contributed by atoms with E-state index in [2.05, 4.69) is 20.0 Å². The first-order chi connectivity index (χ1) is 15.1. The molecule has 0 aliphatic carbocycles. The fourth-order valence-electron chi connectivity index (χ4n) is 3.65. The number of fused-ring (bicyclic) bond motifs is 1. The van der Waals surface area contributed by atoms with Crippen molar-refractivity contribution < 1.29 is 23.9 Å². The zero-order valence-corrected chi connectivity index (χ0v) is 19.2. The van der Waals surface area contributed by atoms with Crippen molar-refractivity contribution in [3.8, 4) is 0 Å². The number of anilines is 1. The lowest BCUT2D eigenvalue weighted by Crippen LogP contribution is -2.38. The summed E-state index contributed by atoms with van der Waals surface area (Å²) >= 11 is 0. The number of aromatic nitrogens is 2. The van der Waals surface area contributed by atoms with Gasteiger partial charge in [0, 0.05) is 6.42 Å². The predicted molar refractivity (Wildman–Crippen MR) is 119 cm³/mol. The number of para-hydroxylation sites is 1. The molecule has 0 saturated heterocycles. The van der Waals surface area contributed by atoms with Gasteiger partial charge in [-0.05, 0) is 38.8 Å². The monoisotopic (exact) mass is 442 g/mol. The van der Waals surface area contributed by atoms with Gasteiger partial charge in [0.05, 0.1) is 18.5 Å². The number of imidazole rings is 1. The van der Waals surface area contributed by atoms with Crippen molar-refractivity contribution in [2.45, 2.75) is 58.6 Å². The van der Waals surface area contributed by atoms with Crippen molar-refractivity contribution in [3.05, 3.63) is 47.0 Å². The first kappa shape index (κ1) is 23.3. The Kier molecular flexibility index (Phi) is 6.86. The van der Waals surface area contributed by atoms with E-state index in [4.69, 9.17) is 4.74 Å². The van der Waals surface area contributed by atoms with Gasteiger partial charge < -0.3 is 19.8 Å². The molecule has 9 nitrogen and oxygen atoms in total. The van der Waals surface area contributed by atoms with Gasteiger partial charge in [0.1, 0.15) is 29.7 Å². The van der Waals surface area contributed by atoms with Crippen LogP contribution >= 0.6 is 0 Å². The van der Waals surface area contributed by atoms with Crippen LogP contribution in [0.1, 0.15) is 67.7 Å². The number of nitrogens with zero attached hydrogens (tertiary/aromatic N) is 2. The quantitative estimate of drug-likeness (QED) is 0.664. The van der Waals surface area contributed by atoms with Crippen LogP contribution < -0.4 is 10.2 Å². The van der Waals surface area contributed by atoms with Crippen LogP contribution in [0.2, 0.25) is 0 Å². The highest BCUT2D eigenvalue weighted by atomic mass is 16.6. The second-order valence-corrected chi connectivity index (χ2v) is 8.65. The molecule has 1 unspecified atom stereocenters. The molecule has 0 saturated carbocycles. The number of esters is 1. The van der Waals surface area contributed by atoms with Crippen molar-refractivity contribution in [1.29, 1.82) is 0 Å². The molecule has 3 rings (SSSR count). The number of aryl methyl sites for hydroxylation is 1. The highest BCUT2D eigenvalue weighted by Crippen LogP contribution is 2.40. The SMILES string of the molecule is CCCc1nc(C2Cc3ccccc3N2C(=O)OC(C)(C)C)[nH]c1C(=O)NCC(=O)OC. The third-order valence-electron chi connectivity index (χ3n) is 5.01. The number of hydrogen-bond donors (Lipinski definition) is 2. The number of rotatable bonds is 6. The van der Waals surface area contributed by atoms with Crippen LogP contribution in [0.5, 0.6) is 0 Å². The van der Waals surface area contributed by atoms with Crippen molar-refractivity contribution in [3.63, 3.8) is 0 Å². The van der Waals surface area contributed by atoms with Gasteiger partial charge in [-0.25, -0.2) is 9.78 Å². The Morgan fingerprint density at radius 3 is 2.62 bits per heavy atom. The minimum atomic E-state index is -0.658. The lowest BCUT2D eigenvalue weighted by Gasteiger charge is -2.28. The Bertz CT molecular complexity index is 1010. The van der Waals surface area contributed by atoms with Gasteiger partial charge in [0.15, 0.2) is 0 Å². The molecule has 1 aliphatic heterocycles. The summed E-state index contributed by atoms with van der Waals surface area (Å²) in [4.78, 5) is 46.6. The van der Waals surface area contributed by atoms with E-state index < -0.39 is 29.6 Å². The van der Waals surface area contributed by atoms with Crippen LogP contribution in [-0.4, -0.2) is 47.2 Å². The van der Waals surface area contributed by atoms with Gasteiger partial charge in [0.25, 0.3) is 5.91 Å². The Labute approximate surface area is 187 Å². The van der Waals surface area contributed by atoms with Gasteiger partial charge in [0.2, 0.25) is 0 Å². The van der Waals surface area contributed by atoms with Crippen molar-refractivity contribution in [2.75, 3.05) is 18.6 Å². The fraction of sp³-hybridized carbons (Fsp3) is 0.478. The Hall–Kier alpha value is -3.36. The maximum Gasteiger partial charge on any atom is 0.415 e. The fourth-order valence-corrected chi connectivity index (χ4v) is 3.65.